The number of benzene rings is 1. The number of aromatic nitrogens is 1. The van der Waals surface area contributed by atoms with Gasteiger partial charge in [0.2, 0.25) is 5.91 Å². The van der Waals surface area contributed by atoms with E-state index in [4.69, 9.17) is 0 Å². The van der Waals surface area contributed by atoms with Crippen molar-refractivity contribution in [3.05, 3.63) is 58.6 Å². The molecule has 126 valence electrons. The topological polar surface area (TPSA) is 36.4 Å². The molecule has 1 aromatic heterocycles. The third-order valence-corrected chi connectivity index (χ3v) is 4.91. The second-order valence-electron chi connectivity index (χ2n) is 6.20. The molecule has 2 heterocycles. The van der Waals surface area contributed by atoms with Crippen molar-refractivity contribution in [2.45, 2.75) is 25.9 Å². The zero-order valence-electron chi connectivity index (χ0n) is 14.0. The number of carbonyl (C=O) groups excluding carboxylic acids is 1. The average Bonchev–Trinajstić information content (AvgIpc) is 3.04. The van der Waals surface area contributed by atoms with Gasteiger partial charge < -0.3 is 4.90 Å². The van der Waals surface area contributed by atoms with Crippen molar-refractivity contribution in [1.29, 1.82) is 0 Å². The SMILES string of the molecule is C[C@H]1CN(Cc2ccccc2)CCCN1C(=O)/C=C\c1cscn1. The van der Waals surface area contributed by atoms with Gasteiger partial charge in [0.05, 0.1) is 11.2 Å². The number of hydrogen-bond acceptors (Lipinski definition) is 4. The van der Waals surface area contributed by atoms with Gasteiger partial charge in [0, 0.05) is 43.7 Å². The minimum atomic E-state index is 0.0806. The van der Waals surface area contributed by atoms with Gasteiger partial charge in [0.15, 0.2) is 0 Å². The molecule has 1 fully saturated rings. The van der Waals surface area contributed by atoms with Gasteiger partial charge in [-0.05, 0) is 25.0 Å². The molecule has 0 saturated carbocycles. The monoisotopic (exact) mass is 341 g/mol. The molecule has 0 aliphatic carbocycles. The highest BCUT2D eigenvalue weighted by Crippen LogP contribution is 2.14. The van der Waals surface area contributed by atoms with Crippen LogP contribution in [0.1, 0.15) is 24.6 Å². The van der Waals surface area contributed by atoms with E-state index < -0.39 is 0 Å². The van der Waals surface area contributed by atoms with E-state index in [1.165, 1.54) is 16.9 Å². The van der Waals surface area contributed by atoms with Crippen molar-refractivity contribution in [3.63, 3.8) is 0 Å². The van der Waals surface area contributed by atoms with Crippen LogP contribution in [0.4, 0.5) is 0 Å². The summed E-state index contributed by atoms with van der Waals surface area (Å²) in [7, 11) is 0. The fourth-order valence-corrected chi connectivity index (χ4v) is 3.64. The Kier molecular flexibility index (Phi) is 5.77. The Bertz CT molecular complexity index is 669. The minimum absolute atomic E-state index is 0.0806. The molecule has 3 rings (SSSR count). The molecule has 2 aromatic rings. The molecule has 0 spiro atoms. The number of thiazole rings is 1. The first-order valence-electron chi connectivity index (χ1n) is 8.35. The lowest BCUT2D eigenvalue weighted by molar-refractivity contribution is -0.127. The van der Waals surface area contributed by atoms with Gasteiger partial charge in [-0.2, -0.15) is 0 Å². The van der Waals surface area contributed by atoms with Crippen LogP contribution >= 0.6 is 11.3 Å². The molecule has 1 aromatic carbocycles. The molecule has 1 saturated heterocycles. The lowest BCUT2D eigenvalue weighted by Crippen LogP contribution is -2.41. The van der Waals surface area contributed by atoms with E-state index in [9.17, 15) is 4.79 Å². The molecule has 1 amide bonds. The quantitative estimate of drug-likeness (QED) is 0.801. The van der Waals surface area contributed by atoms with E-state index >= 15 is 0 Å². The minimum Gasteiger partial charge on any atom is -0.335 e. The fraction of sp³-hybridized carbons (Fsp3) is 0.368. The second kappa shape index (κ2) is 8.22. The fourth-order valence-electron chi connectivity index (χ4n) is 3.12. The lowest BCUT2D eigenvalue weighted by atomic mass is 10.2. The van der Waals surface area contributed by atoms with Gasteiger partial charge >= 0.3 is 0 Å². The summed E-state index contributed by atoms with van der Waals surface area (Å²) in [6.45, 7) is 5.83. The Hall–Kier alpha value is -1.98. The zero-order chi connectivity index (χ0) is 16.8. The standard InChI is InChI=1S/C19H23N3OS/c1-16-12-21(13-17-6-3-2-4-7-17)10-5-11-22(16)19(23)9-8-18-14-24-15-20-18/h2-4,6-9,14-16H,5,10-13H2,1H3/b9-8-/t16-/m0/s1. The van der Waals surface area contributed by atoms with Crippen LogP contribution in [0.3, 0.4) is 0 Å². The molecular formula is C19H23N3OS. The van der Waals surface area contributed by atoms with Crippen molar-refractivity contribution in [1.82, 2.24) is 14.8 Å². The van der Waals surface area contributed by atoms with Gasteiger partial charge in [-0.15, -0.1) is 11.3 Å². The molecule has 1 atom stereocenters. The van der Waals surface area contributed by atoms with Gasteiger partial charge in [-0.3, -0.25) is 9.69 Å². The highest BCUT2D eigenvalue weighted by atomic mass is 32.1. The van der Waals surface area contributed by atoms with Crippen LogP contribution in [0, 0.1) is 0 Å². The third-order valence-electron chi connectivity index (χ3n) is 4.31. The number of rotatable bonds is 4. The Morgan fingerprint density at radius 2 is 2.17 bits per heavy atom. The smallest absolute Gasteiger partial charge is 0.246 e. The number of nitrogens with zero attached hydrogens (tertiary/aromatic N) is 3. The van der Waals surface area contributed by atoms with E-state index in [-0.39, 0.29) is 11.9 Å². The summed E-state index contributed by atoms with van der Waals surface area (Å²) in [4.78, 5) is 21.1. The first-order chi connectivity index (χ1) is 11.7. The highest BCUT2D eigenvalue weighted by molar-refractivity contribution is 7.07. The molecule has 24 heavy (non-hydrogen) atoms. The summed E-state index contributed by atoms with van der Waals surface area (Å²) >= 11 is 1.54. The Morgan fingerprint density at radius 3 is 2.92 bits per heavy atom. The van der Waals surface area contributed by atoms with Crippen LogP contribution in [-0.2, 0) is 11.3 Å². The molecule has 5 heteroatoms. The average molecular weight is 341 g/mol. The lowest BCUT2D eigenvalue weighted by Gasteiger charge is -2.28. The summed E-state index contributed by atoms with van der Waals surface area (Å²) in [6, 6.07) is 10.7. The van der Waals surface area contributed by atoms with E-state index in [1.807, 2.05) is 16.3 Å². The van der Waals surface area contributed by atoms with Crippen molar-refractivity contribution in [2.24, 2.45) is 0 Å². The van der Waals surface area contributed by atoms with Crippen LogP contribution in [0.2, 0.25) is 0 Å². The molecule has 1 aliphatic rings. The first kappa shape index (κ1) is 16.9. The Morgan fingerprint density at radius 1 is 1.33 bits per heavy atom. The normalized spacial score (nSPS) is 19.5. The van der Waals surface area contributed by atoms with Crippen LogP contribution in [0.15, 0.2) is 47.3 Å². The van der Waals surface area contributed by atoms with Crippen LogP contribution in [0.25, 0.3) is 6.08 Å². The van der Waals surface area contributed by atoms with Crippen LogP contribution in [-0.4, -0.2) is 46.4 Å². The molecular weight excluding hydrogens is 318 g/mol. The molecule has 0 bridgehead atoms. The predicted molar refractivity (Wildman–Crippen MR) is 98.7 cm³/mol. The van der Waals surface area contributed by atoms with Crippen molar-refractivity contribution >= 4 is 23.3 Å². The molecule has 1 aliphatic heterocycles. The van der Waals surface area contributed by atoms with Gasteiger partial charge in [-0.25, -0.2) is 4.98 Å². The molecule has 4 nitrogen and oxygen atoms in total. The number of hydrogen-bond donors (Lipinski definition) is 0. The highest BCUT2D eigenvalue weighted by Gasteiger charge is 2.24. The van der Waals surface area contributed by atoms with Gasteiger partial charge in [0.25, 0.3) is 0 Å². The summed E-state index contributed by atoms with van der Waals surface area (Å²) in [5.41, 5.74) is 3.95. The van der Waals surface area contributed by atoms with Crippen molar-refractivity contribution in [2.75, 3.05) is 19.6 Å². The molecule has 0 radical (unpaired) electrons. The summed E-state index contributed by atoms with van der Waals surface area (Å²) in [5.74, 6) is 0.0806. The maximum atomic E-state index is 12.5. The zero-order valence-corrected chi connectivity index (χ0v) is 14.8. The third kappa shape index (κ3) is 4.52. The van der Waals surface area contributed by atoms with E-state index in [0.717, 1.165) is 38.3 Å². The van der Waals surface area contributed by atoms with E-state index in [1.54, 1.807) is 17.7 Å². The second-order valence-corrected chi connectivity index (χ2v) is 6.92. The van der Waals surface area contributed by atoms with Crippen LogP contribution < -0.4 is 0 Å². The maximum absolute atomic E-state index is 12.5. The summed E-state index contributed by atoms with van der Waals surface area (Å²) < 4.78 is 0. The van der Waals surface area contributed by atoms with Gasteiger partial charge in [0.1, 0.15) is 0 Å². The van der Waals surface area contributed by atoms with Gasteiger partial charge in [-0.1, -0.05) is 30.3 Å². The largest absolute Gasteiger partial charge is 0.335 e. The van der Waals surface area contributed by atoms with E-state index in [2.05, 4.69) is 41.1 Å². The van der Waals surface area contributed by atoms with Crippen molar-refractivity contribution in [3.8, 4) is 0 Å². The number of amides is 1. The van der Waals surface area contributed by atoms with Crippen molar-refractivity contribution < 1.29 is 4.79 Å². The molecule has 0 N–H and O–H groups in total. The predicted octanol–water partition coefficient (Wildman–Crippen LogP) is 3.28. The number of carbonyl (C=O) groups is 1. The molecule has 0 unspecified atom stereocenters. The van der Waals surface area contributed by atoms with E-state index in [0.29, 0.717) is 0 Å². The Labute approximate surface area is 147 Å². The summed E-state index contributed by atoms with van der Waals surface area (Å²) in [6.07, 6.45) is 4.46. The maximum Gasteiger partial charge on any atom is 0.246 e. The first-order valence-corrected chi connectivity index (χ1v) is 9.30. The van der Waals surface area contributed by atoms with Crippen LogP contribution in [0.5, 0.6) is 0 Å². The Balaban J connectivity index is 1.59. The summed E-state index contributed by atoms with van der Waals surface area (Å²) in [5, 5.41) is 1.94.